The second-order valence-corrected chi connectivity index (χ2v) is 4.68. The second-order valence-electron chi connectivity index (χ2n) is 4.68. The highest BCUT2D eigenvalue weighted by molar-refractivity contribution is 5.82. The topological polar surface area (TPSA) is 88.1 Å². The molecule has 0 bridgehead atoms. The maximum atomic E-state index is 11.9. The van der Waals surface area contributed by atoms with Crippen LogP contribution < -0.4 is 5.32 Å². The van der Waals surface area contributed by atoms with Crippen LogP contribution in [0.4, 0.5) is 4.79 Å². The molecule has 0 aromatic heterocycles. The van der Waals surface area contributed by atoms with Crippen LogP contribution in [0, 0.1) is 5.92 Å². The first-order valence-electron chi connectivity index (χ1n) is 6.34. The summed E-state index contributed by atoms with van der Waals surface area (Å²) < 4.78 is 9.86. The molecule has 110 valence electrons. The standard InChI is InChI=1S/C12H22N2O5/c1-18-7-9-3-5-14(6-4-9)12(17)13-10(8-19-2)11(15)16/h9-10H,3-8H2,1-2H3,(H,13,17)(H,15,16). The van der Waals surface area contributed by atoms with Crippen LogP contribution in [0.5, 0.6) is 0 Å². The summed E-state index contributed by atoms with van der Waals surface area (Å²) in [7, 11) is 3.07. The number of likely N-dealkylation sites (tertiary alicyclic amines) is 1. The van der Waals surface area contributed by atoms with E-state index in [4.69, 9.17) is 14.6 Å². The molecule has 1 aliphatic rings. The van der Waals surface area contributed by atoms with Gasteiger partial charge in [-0.3, -0.25) is 0 Å². The lowest BCUT2D eigenvalue weighted by molar-refractivity contribution is -0.140. The maximum Gasteiger partial charge on any atom is 0.328 e. The van der Waals surface area contributed by atoms with Crippen LogP contribution in [0.25, 0.3) is 0 Å². The van der Waals surface area contributed by atoms with Gasteiger partial charge in [0.2, 0.25) is 0 Å². The Labute approximate surface area is 112 Å². The average Bonchev–Trinajstić information content (AvgIpc) is 2.39. The van der Waals surface area contributed by atoms with Crippen molar-refractivity contribution in [1.29, 1.82) is 0 Å². The van der Waals surface area contributed by atoms with Crippen LogP contribution in [0.15, 0.2) is 0 Å². The zero-order valence-electron chi connectivity index (χ0n) is 11.4. The van der Waals surface area contributed by atoms with Crippen molar-refractivity contribution >= 4 is 12.0 Å². The molecule has 0 radical (unpaired) electrons. The number of ether oxygens (including phenoxy) is 2. The van der Waals surface area contributed by atoms with E-state index in [0.29, 0.717) is 25.6 Å². The van der Waals surface area contributed by atoms with Crippen LogP contribution in [-0.2, 0) is 14.3 Å². The molecule has 1 fully saturated rings. The summed E-state index contributed by atoms with van der Waals surface area (Å²) in [6, 6.07) is -1.35. The molecule has 1 unspecified atom stereocenters. The number of hydrogen-bond acceptors (Lipinski definition) is 4. The maximum absolute atomic E-state index is 11.9. The molecule has 0 aliphatic carbocycles. The molecule has 0 saturated carbocycles. The zero-order valence-corrected chi connectivity index (χ0v) is 11.4. The molecule has 0 aromatic rings. The number of methoxy groups -OCH3 is 2. The second kappa shape index (κ2) is 7.96. The lowest BCUT2D eigenvalue weighted by atomic mass is 9.98. The number of hydrogen-bond donors (Lipinski definition) is 2. The summed E-state index contributed by atoms with van der Waals surface area (Å²) >= 11 is 0. The van der Waals surface area contributed by atoms with Gasteiger partial charge in [-0.2, -0.15) is 0 Å². The number of rotatable bonds is 6. The number of carboxylic acid groups (broad SMARTS) is 1. The zero-order chi connectivity index (χ0) is 14.3. The van der Waals surface area contributed by atoms with Crippen molar-refractivity contribution < 1.29 is 24.2 Å². The largest absolute Gasteiger partial charge is 0.480 e. The Kier molecular flexibility index (Phi) is 6.58. The number of carbonyl (C=O) groups excluding carboxylic acids is 1. The molecule has 7 nitrogen and oxygen atoms in total. The first kappa shape index (κ1) is 15.7. The highest BCUT2D eigenvalue weighted by Crippen LogP contribution is 2.17. The number of amides is 2. The van der Waals surface area contributed by atoms with Gasteiger partial charge in [-0.05, 0) is 18.8 Å². The fraction of sp³-hybridized carbons (Fsp3) is 0.833. The van der Waals surface area contributed by atoms with Gasteiger partial charge in [-0.1, -0.05) is 0 Å². The van der Waals surface area contributed by atoms with E-state index < -0.39 is 12.0 Å². The first-order valence-corrected chi connectivity index (χ1v) is 6.34. The van der Waals surface area contributed by atoms with Gasteiger partial charge in [0, 0.05) is 33.9 Å². The van der Waals surface area contributed by atoms with Crippen LogP contribution in [-0.4, -0.2) is 68.6 Å². The Morgan fingerprint density at radius 2 is 1.95 bits per heavy atom. The minimum absolute atomic E-state index is 0.0405. The van der Waals surface area contributed by atoms with Crippen molar-refractivity contribution in [2.45, 2.75) is 18.9 Å². The van der Waals surface area contributed by atoms with E-state index in [1.807, 2.05) is 0 Å². The fourth-order valence-corrected chi connectivity index (χ4v) is 2.12. The third-order valence-electron chi connectivity index (χ3n) is 3.23. The van der Waals surface area contributed by atoms with Crippen LogP contribution in [0.3, 0.4) is 0 Å². The molecule has 7 heteroatoms. The van der Waals surface area contributed by atoms with Gasteiger partial charge in [-0.25, -0.2) is 9.59 Å². The fourth-order valence-electron chi connectivity index (χ4n) is 2.12. The molecule has 1 heterocycles. The number of nitrogens with one attached hydrogen (secondary N) is 1. The number of carbonyl (C=O) groups is 2. The molecule has 1 saturated heterocycles. The van der Waals surface area contributed by atoms with Gasteiger partial charge in [-0.15, -0.1) is 0 Å². The minimum Gasteiger partial charge on any atom is -0.480 e. The predicted octanol–water partition coefficient (Wildman–Crippen LogP) is 0.154. The quantitative estimate of drug-likeness (QED) is 0.720. The van der Waals surface area contributed by atoms with Crippen LogP contribution in [0.1, 0.15) is 12.8 Å². The summed E-state index contributed by atoms with van der Waals surface area (Å²) in [4.78, 5) is 24.5. The predicted molar refractivity (Wildman–Crippen MR) is 68.0 cm³/mol. The van der Waals surface area contributed by atoms with Gasteiger partial charge < -0.3 is 24.8 Å². The summed E-state index contributed by atoms with van der Waals surface area (Å²) in [6.07, 6.45) is 1.76. The van der Waals surface area contributed by atoms with Crippen LogP contribution >= 0.6 is 0 Å². The molecule has 19 heavy (non-hydrogen) atoms. The van der Waals surface area contributed by atoms with Crippen molar-refractivity contribution in [2.24, 2.45) is 5.92 Å². The number of aliphatic carboxylic acids is 1. The lowest BCUT2D eigenvalue weighted by Gasteiger charge is -2.32. The number of piperidine rings is 1. The highest BCUT2D eigenvalue weighted by atomic mass is 16.5. The van der Waals surface area contributed by atoms with Gasteiger partial charge in [0.15, 0.2) is 6.04 Å². The third kappa shape index (κ3) is 5.04. The summed E-state index contributed by atoms with van der Waals surface area (Å²) in [5, 5.41) is 11.4. The van der Waals surface area contributed by atoms with Gasteiger partial charge in [0.1, 0.15) is 0 Å². The van der Waals surface area contributed by atoms with Crippen molar-refractivity contribution in [2.75, 3.05) is 40.5 Å². The SMILES string of the molecule is COCC1CCN(C(=O)NC(COC)C(=O)O)CC1. The summed E-state index contributed by atoms with van der Waals surface area (Å²) in [5.74, 6) is -0.618. The number of carboxylic acids is 1. The van der Waals surface area contributed by atoms with Gasteiger partial charge in [0.05, 0.1) is 6.61 Å². The molecule has 2 N–H and O–H groups in total. The number of nitrogens with zero attached hydrogens (tertiary/aromatic N) is 1. The minimum atomic E-state index is -1.09. The Bertz CT molecular complexity index is 302. The summed E-state index contributed by atoms with van der Waals surface area (Å²) in [6.45, 7) is 1.91. The molecule has 0 aromatic carbocycles. The molecular formula is C12H22N2O5. The van der Waals surface area contributed by atoms with E-state index in [9.17, 15) is 9.59 Å². The summed E-state index contributed by atoms with van der Waals surface area (Å²) in [5.41, 5.74) is 0. The smallest absolute Gasteiger partial charge is 0.328 e. The molecule has 0 spiro atoms. The molecule has 1 atom stereocenters. The van der Waals surface area contributed by atoms with E-state index in [-0.39, 0.29) is 12.6 Å². The number of urea groups is 1. The lowest BCUT2D eigenvalue weighted by Crippen LogP contribution is -2.51. The van der Waals surface area contributed by atoms with E-state index in [1.165, 1.54) is 7.11 Å². The Morgan fingerprint density at radius 3 is 2.42 bits per heavy atom. The van der Waals surface area contributed by atoms with E-state index in [1.54, 1.807) is 12.0 Å². The third-order valence-corrected chi connectivity index (χ3v) is 3.23. The van der Waals surface area contributed by atoms with Crippen molar-refractivity contribution in [3.63, 3.8) is 0 Å². The first-order chi connectivity index (χ1) is 9.08. The Balaban J connectivity index is 2.39. The highest BCUT2D eigenvalue weighted by Gasteiger charge is 2.26. The molecule has 1 aliphatic heterocycles. The van der Waals surface area contributed by atoms with Crippen LogP contribution in [0.2, 0.25) is 0 Å². The molecule has 2 amide bonds. The Hall–Kier alpha value is -1.34. The van der Waals surface area contributed by atoms with Crippen molar-refractivity contribution in [3.05, 3.63) is 0 Å². The Morgan fingerprint density at radius 1 is 1.32 bits per heavy atom. The van der Waals surface area contributed by atoms with E-state index in [2.05, 4.69) is 5.32 Å². The average molecular weight is 274 g/mol. The van der Waals surface area contributed by atoms with Crippen molar-refractivity contribution in [1.82, 2.24) is 10.2 Å². The molecular weight excluding hydrogens is 252 g/mol. The van der Waals surface area contributed by atoms with Gasteiger partial charge in [0.25, 0.3) is 0 Å². The normalized spacial score (nSPS) is 18.1. The molecule has 1 rings (SSSR count). The monoisotopic (exact) mass is 274 g/mol. The van der Waals surface area contributed by atoms with E-state index in [0.717, 1.165) is 12.8 Å². The van der Waals surface area contributed by atoms with E-state index >= 15 is 0 Å². The van der Waals surface area contributed by atoms with Gasteiger partial charge >= 0.3 is 12.0 Å². The van der Waals surface area contributed by atoms with Crippen molar-refractivity contribution in [3.8, 4) is 0 Å².